The zero-order chi connectivity index (χ0) is 18.3. The van der Waals surface area contributed by atoms with E-state index in [2.05, 4.69) is 52.2 Å². The van der Waals surface area contributed by atoms with Crippen LogP contribution < -0.4 is 5.32 Å². The summed E-state index contributed by atoms with van der Waals surface area (Å²) < 4.78 is 2.64. The van der Waals surface area contributed by atoms with Crippen LogP contribution in [0.5, 0.6) is 5.75 Å². The van der Waals surface area contributed by atoms with Gasteiger partial charge in [-0.2, -0.15) is 0 Å². The molecule has 26 heavy (non-hydrogen) atoms. The van der Waals surface area contributed by atoms with Gasteiger partial charge in [0.2, 0.25) is 0 Å². The third-order valence-corrected chi connectivity index (χ3v) is 4.77. The van der Waals surface area contributed by atoms with Crippen LogP contribution >= 0.6 is 15.9 Å². The molecule has 5 nitrogen and oxygen atoms in total. The van der Waals surface area contributed by atoms with E-state index in [0.29, 0.717) is 21.5 Å². The van der Waals surface area contributed by atoms with Crippen LogP contribution in [0.2, 0.25) is 0 Å². The second-order valence-corrected chi connectivity index (χ2v) is 6.97. The van der Waals surface area contributed by atoms with Crippen molar-refractivity contribution < 1.29 is 5.11 Å². The quantitative estimate of drug-likeness (QED) is 0.487. The summed E-state index contributed by atoms with van der Waals surface area (Å²) >= 11 is 3.42. The number of hydrogen-bond acceptors (Lipinski definition) is 4. The minimum absolute atomic E-state index is 0.187. The molecule has 130 valence electrons. The number of aromatic hydroxyl groups is 1. The molecule has 2 N–H and O–H groups in total. The molecule has 0 aliphatic rings. The summed E-state index contributed by atoms with van der Waals surface area (Å²) in [5.74, 6) is 0.967. The van der Waals surface area contributed by atoms with Gasteiger partial charge >= 0.3 is 0 Å². The number of fused-ring (bicyclic) bond motifs is 1. The monoisotopic (exact) mass is 408 g/mol. The van der Waals surface area contributed by atoms with Crippen molar-refractivity contribution in [2.24, 2.45) is 0 Å². The van der Waals surface area contributed by atoms with Crippen LogP contribution in [-0.2, 0) is 0 Å². The highest BCUT2D eigenvalue weighted by atomic mass is 79.9. The standard InChI is InChI=1S/C20H17BrN4O/c1-12-6-5-7-13(2)18(12)24-20-19(14-8-3-4-9-15(14)26)23-17-10-22-16(21)11-25(17)20/h3-11,24,26H,1-2H3. The van der Waals surface area contributed by atoms with Gasteiger partial charge in [0.05, 0.1) is 6.20 Å². The fraction of sp³-hybridized carbons (Fsp3) is 0.100. The van der Waals surface area contributed by atoms with E-state index in [9.17, 15) is 5.11 Å². The molecule has 0 fully saturated rings. The Morgan fingerprint density at radius 3 is 2.50 bits per heavy atom. The Balaban J connectivity index is 1.98. The third kappa shape index (κ3) is 2.82. The van der Waals surface area contributed by atoms with Crippen LogP contribution in [0.1, 0.15) is 11.1 Å². The van der Waals surface area contributed by atoms with Crippen molar-refractivity contribution in [1.82, 2.24) is 14.4 Å². The highest BCUT2D eigenvalue weighted by Crippen LogP contribution is 2.37. The molecular weight excluding hydrogens is 392 g/mol. The van der Waals surface area contributed by atoms with E-state index in [1.54, 1.807) is 18.3 Å². The van der Waals surface area contributed by atoms with Crippen molar-refractivity contribution >= 4 is 33.1 Å². The van der Waals surface area contributed by atoms with Gasteiger partial charge < -0.3 is 10.4 Å². The predicted octanol–water partition coefficient (Wildman–Crippen LogP) is 5.22. The molecule has 2 aromatic carbocycles. The van der Waals surface area contributed by atoms with Crippen molar-refractivity contribution in [1.29, 1.82) is 0 Å². The Hall–Kier alpha value is -2.86. The number of nitrogens with zero attached hydrogens (tertiary/aromatic N) is 3. The van der Waals surface area contributed by atoms with E-state index < -0.39 is 0 Å². The van der Waals surface area contributed by atoms with Crippen molar-refractivity contribution in [3.05, 3.63) is 70.6 Å². The topological polar surface area (TPSA) is 62.5 Å². The first-order chi connectivity index (χ1) is 12.5. The number of anilines is 2. The summed E-state index contributed by atoms with van der Waals surface area (Å²) in [7, 11) is 0. The molecule has 0 atom stereocenters. The minimum atomic E-state index is 0.187. The summed E-state index contributed by atoms with van der Waals surface area (Å²) in [6, 6.07) is 13.4. The first kappa shape index (κ1) is 16.6. The second-order valence-electron chi connectivity index (χ2n) is 6.16. The number of benzene rings is 2. The Bertz CT molecular complexity index is 1100. The van der Waals surface area contributed by atoms with E-state index in [1.807, 2.05) is 28.8 Å². The fourth-order valence-corrected chi connectivity index (χ4v) is 3.35. The molecule has 0 aliphatic heterocycles. The van der Waals surface area contributed by atoms with Crippen molar-refractivity contribution in [2.45, 2.75) is 13.8 Å². The Labute approximate surface area is 159 Å². The van der Waals surface area contributed by atoms with E-state index in [-0.39, 0.29) is 5.75 Å². The molecule has 4 aromatic rings. The summed E-state index contributed by atoms with van der Waals surface area (Å²) in [4.78, 5) is 8.96. The number of hydrogen-bond donors (Lipinski definition) is 2. The first-order valence-corrected chi connectivity index (χ1v) is 8.99. The normalized spacial score (nSPS) is 11.0. The minimum Gasteiger partial charge on any atom is -0.507 e. The van der Waals surface area contributed by atoms with Crippen LogP contribution in [0.25, 0.3) is 16.9 Å². The van der Waals surface area contributed by atoms with Gasteiger partial charge in [0.1, 0.15) is 21.9 Å². The van der Waals surface area contributed by atoms with E-state index >= 15 is 0 Å². The van der Waals surface area contributed by atoms with Gasteiger partial charge in [-0.3, -0.25) is 4.40 Å². The van der Waals surface area contributed by atoms with Crippen LogP contribution in [0, 0.1) is 13.8 Å². The van der Waals surface area contributed by atoms with E-state index in [4.69, 9.17) is 4.98 Å². The lowest BCUT2D eigenvalue weighted by Crippen LogP contribution is -2.01. The average Bonchev–Trinajstić information content (AvgIpc) is 2.96. The third-order valence-electron chi connectivity index (χ3n) is 4.36. The molecule has 0 saturated carbocycles. The van der Waals surface area contributed by atoms with Crippen LogP contribution in [0.3, 0.4) is 0 Å². The molecule has 0 radical (unpaired) electrons. The van der Waals surface area contributed by atoms with Crippen molar-refractivity contribution in [3.8, 4) is 17.0 Å². The number of imidazole rings is 1. The Morgan fingerprint density at radius 1 is 1.04 bits per heavy atom. The lowest BCUT2D eigenvalue weighted by Gasteiger charge is -2.14. The highest BCUT2D eigenvalue weighted by Gasteiger charge is 2.18. The van der Waals surface area contributed by atoms with Crippen molar-refractivity contribution in [2.75, 3.05) is 5.32 Å². The molecule has 0 spiro atoms. The van der Waals surface area contributed by atoms with Gasteiger partial charge in [0.25, 0.3) is 0 Å². The summed E-state index contributed by atoms with van der Waals surface area (Å²) in [5, 5.41) is 13.9. The molecule has 2 heterocycles. The number of aryl methyl sites for hydroxylation is 2. The van der Waals surface area contributed by atoms with E-state index in [0.717, 1.165) is 22.6 Å². The smallest absolute Gasteiger partial charge is 0.157 e. The lowest BCUT2D eigenvalue weighted by atomic mass is 10.1. The molecule has 0 saturated heterocycles. The number of phenols is 1. The Morgan fingerprint density at radius 2 is 1.77 bits per heavy atom. The number of aromatic nitrogens is 3. The maximum atomic E-state index is 10.3. The molecule has 0 unspecified atom stereocenters. The van der Waals surface area contributed by atoms with Gasteiger partial charge in [0, 0.05) is 17.4 Å². The molecule has 0 aliphatic carbocycles. The molecule has 0 amide bonds. The molecule has 0 bridgehead atoms. The molecular formula is C20H17BrN4O. The molecule has 2 aromatic heterocycles. The first-order valence-electron chi connectivity index (χ1n) is 8.20. The van der Waals surface area contributed by atoms with Gasteiger partial charge in [0.15, 0.2) is 5.65 Å². The summed E-state index contributed by atoms with van der Waals surface area (Å²) in [6.07, 6.45) is 3.56. The fourth-order valence-electron chi connectivity index (χ4n) is 3.04. The van der Waals surface area contributed by atoms with Crippen LogP contribution in [-0.4, -0.2) is 19.5 Å². The highest BCUT2D eigenvalue weighted by molar-refractivity contribution is 9.10. The van der Waals surface area contributed by atoms with Gasteiger partial charge in [-0.15, -0.1) is 0 Å². The molecule has 4 rings (SSSR count). The van der Waals surface area contributed by atoms with Gasteiger partial charge in [-0.05, 0) is 53.0 Å². The number of phenolic OH excluding ortho intramolecular Hbond substituents is 1. The summed E-state index contributed by atoms with van der Waals surface area (Å²) in [6.45, 7) is 4.13. The number of nitrogens with one attached hydrogen (secondary N) is 1. The van der Waals surface area contributed by atoms with Gasteiger partial charge in [-0.25, -0.2) is 9.97 Å². The SMILES string of the molecule is Cc1cccc(C)c1Nc1c(-c2ccccc2O)nc2cnc(Br)cn12. The zero-order valence-electron chi connectivity index (χ0n) is 14.4. The second kappa shape index (κ2) is 6.46. The average molecular weight is 409 g/mol. The summed E-state index contributed by atoms with van der Waals surface area (Å²) in [5.41, 5.74) is 5.33. The van der Waals surface area contributed by atoms with Gasteiger partial charge in [-0.1, -0.05) is 30.3 Å². The van der Waals surface area contributed by atoms with Crippen molar-refractivity contribution in [3.63, 3.8) is 0 Å². The zero-order valence-corrected chi connectivity index (χ0v) is 15.9. The maximum Gasteiger partial charge on any atom is 0.157 e. The number of rotatable bonds is 3. The Kier molecular flexibility index (Phi) is 4.12. The largest absolute Gasteiger partial charge is 0.507 e. The van der Waals surface area contributed by atoms with E-state index in [1.165, 1.54) is 0 Å². The maximum absolute atomic E-state index is 10.3. The van der Waals surface area contributed by atoms with Crippen LogP contribution in [0.15, 0.2) is 59.5 Å². The number of halogens is 1. The predicted molar refractivity (Wildman–Crippen MR) is 107 cm³/mol. The lowest BCUT2D eigenvalue weighted by molar-refractivity contribution is 0.477. The number of para-hydroxylation sites is 2. The molecule has 6 heteroatoms. The van der Waals surface area contributed by atoms with Crippen LogP contribution in [0.4, 0.5) is 11.5 Å².